The third-order valence-electron chi connectivity index (χ3n) is 3.05. The highest BCUT2D eigenvalue weighted by Crippen LogP contribution is 2.11. The van der Waals surface area contributed by atoms with Crippen LogP contribution in [0.25, 0.3) is 0 Å². The summed E-state index contributed by atoms with van der Waals surface area (Å²) in [6.45, 7) is 3.46. The van der Waals surface area contributed by atoms with Crippen LogP contribution in [0.1, 0.15) is 30.9 Å². The van der Waals surface area contributed by atoms with E-state index in [9.17, 15) is 4.39 Å². The summed E-state index contributed by atoms with van der Waals surface area (Å²) in [5, 5.41) is 20.7. The van der Waals surface area contributed by atoms with Crippen LogP contribution >= 0.6 is 0 Å². The van der Waals surface area contributed by atoms with E-state index in [1.165, 1.54) is 6.07 Å². The molecule has 0 radical (unpaired) electrons. The van der Waals surface area contributed by atoms with Gasteiger partial charge in [-0.25, -0.2) is 4.39 Å². The lowest BCUT2D eigenvalue weighted by Crippen LogP contribution is -2.23. The quantitative estimate of drug-likeness (QED) is 0.780. The zero-order valence-electron chi connectivity index (χ0n) is 10.6. The van der Waals surface area contributed by atoms with E-state index in [-0.39, 0.29) is 12.4 Å². The summed E-state index contributed by atoms with van der Waals surface area (Å²) in [6.07, 6.45) is 1.75. The van der Waals surface area contributed by atoms with Gasteiger partial charge in [0, 0.05) is 18.7 Å². The van der Waals surface area contributed by atoms with Gasteiger partial charge in [0.15, 0.2) is 0 Å². The Kier molecular flexibility index (Phi) is 6.34. The molecule has 1 aromatic rings. The second-order valence-corrected chi connectivity index (χ2v) is 4.34. The number of benzene rings is 1. The Balaban J connectivity index is 2.46. The summed E-state index contributed by atoms with van der Waals surface area (Å²) in [7, 11) is 0. The molecule has 0 aromatic heterocycles. The lowest BCUT2D eigenvalue weighted by molar-refractivity contribution is 0.251. The van der Waals surface area contributed by atoms with Crippen molar-refractivity contribution in [1.29, 1.82) is 5.26 Å². The summed E-state index contributed by atoms with van der Waals surface area (Å²) < 4.78 is 13.6. The summed E-state index contributed by atoms with van der Waals surface area (Å²) in [6, 6.07) is 6.41. The molecule has 0 saturated carbocycles. The number of nitriles is 1. The molecule has 1 unspecified atom stereocenters. The molecule has 98 valence electrons. The number of halogens is 1. The number of rotatable bonds is 7. The van der Waals surface area contributed by atoms with Gasteiger partial charge in [0.05, 0.1) is 11.6 Å². The number of nitrogens with zero attached hydrogens (tertiary/aromatic N) is 1. The van der Waals surface area contributed by atoms with Gasteiger partial charge >= 0.3 is 0 Å². The molecular formula is C14H19FN2O. The summed E-state index contributed by atoms with van der Waals surface area (Å²) in [4.78, 5) is 0. The minimum absolute atomic E-state index is 0.186. The molecule has 0 aliphatic heterocycles. The largest absolute Gasteiger partial charge is 0.396 e. The highest BCUT2D eigenvalue weighted by molar-refractivity contribution is 5.32. The minimum Gasteiger partial charge on any atom is -0.396 e. The van der Waals surface area contributed by atoms with Crippen molar-refractivity contribution in [2.75, 3.05) is 13.2 Å². The minimum atomic E-state index is -0.350. The molecule has 1 aromatic carbocycles. The first kappa shape index (κ1) is 14.6. The van der Waals surface area contributed by atoms with E-state index in [0.717, 1.165) is 19.4 Å². The maximum Gasteiger partial charge on any atom is 0.129 e. The van der Waals surface area contributed by atoms with Crippen molar-refractivity contribution < 1.29 is 9.50 Å². The first-order chi connectivity index (χ1) is 8.71. The van der Waals surface area contributed by atoms with Crippen molar-refractivity contribution >= 4 is 0 Å². The van der Waals surface area contributed by atoms with Gasteiger partial charge in [0.25, 0.3) is 0 Å². The second kappa shape index (κ2) is 7.80. The summed E-state index contributed by atoms with van der Waals surface area (Å²) in [5.41, 5.74) is 0.899. The zero-order chi connectivity index (χ0) is 13.4. The molecule has 1 rings (SSSR count). The van der Waals surface area contributed by atoms with Crippen molar-refractivity contribution in [2.24, 2.45) is 5.92 Å². The standard InChI is InChI=1S/C14H19FN2O/c1-2-11(5-6-18)9-17-10-13-4-3-12(8-16)7-14(13)15/h3-4,7,11,17-18H,2,5-6,9-10H2,1H3. The molecule has 0 spiro atoms. The van der Waals surface area contributed by atoms with E-state index >= 15 is 0 Å². The Morgan fingerprint density at radius 2 is 2.28 bits per heavy atom. The van der Waals surface area contributed by atoms with Gasteiger partial charge in [-0.05, 0) is 31.0 Å². The highest BCUT2D eigenvalue weighted by Gasteiger charge is 2.07. The Morgan fingerprint density at radius 3 is 2.83 bits per heavy atom. The maximum absolute atomic E-state index is 13.6. The van der Waals surface area contributed by atoms with Gasteiger partial charge in [-0.2, -0.15) is 5.26 Å². The first-order valence-corrected chi connectivity index (χ1v) is 6.21. The van der Waals surface area contributed by atoms with E-state index < -0.39 is 0 Å². The van der Waals surface area contributed by atoms with Crippen LogP contribution in [0.15, 0.2) is 18.2 Å². The molecule has 1 atom stereocenters. The molecule has 0 aliphatic carbocycles. The van der Waals surface area contributed by atoms with Crippen molar-refractivity contribution in [3.8, 4) is 6.07 Å². The van der Waals surface area contributed by atoms with E-state index in [2.05, 4.69) is 12.2 Å². The fourth-order valence-corrected chi connectivity index (χ4v) is 1.80. The third-order valence-corrected chi connectivity index (χ3v) is 3.05. The second-order valence-electron chi connectivity index (χ2n) is 4.34. The lowest BCUT2D eigenvalue weighted by Gasteiger charge is -2.14. The molecule has 0 saturated heterocycles. The van der Waals surface area contributed by atoms with Crippen LogP contribution in [0.3, 0.4) is 0 Å². The van der Waals surface area contributed by atoms with E-state index in [0.29, 0.717) is 23.6 Å². The molecule has 4 heteroatoms. The van der Waals surface area contributed by atoms with E-state index in [1.54, 1.807) is 12.1 Å². The van der Waals surface area contributed by atoms with Crippen molar-refractivity contribution in [2.45, 2.75) is 26.3 Å². The molecular weight excluding hydrogens is 231 g/mol. The smallest absolute Gasteiger partial charge is 0.129 e. The maximum atomic E-state index is 13.6. The van der Waals surface area contributed by atoms with Gasteiger partial charge in [0.1, 0.15) is 5.82 Å². The molecule has 0 fully saturated rings. The normalized spacial score (nSPS) is 12.1. The lowest BCUT2D eigenvalue weighted by atomic mass is 10.0. The molecule has 3 nitrogen and oxygen atoms in total. The predicted octanol–water partition coefficient (Wildman–Crippen LogP) is 2.20. The Labute approximate surface area is 107 Å². The predicted molar refractivity (Wildman–Crippen MR) is 68.3 cm³/mol. The number of hydrogen-bond acceptors (Lipinski definition) is 3. The van der Waals surface area contributed by atoms with Crippen molar-refractivity contribution in [1.82, 2.24) is 5.32 Å². The van der Waals surface area contributed by atoms with Gasteiger partial charge in [-0.1, -0.05) is 19.4 Å². The van der Waals surface area contributed by atoms with Crippen LogP contribution in [-0.4, -0.2) is 18.3 Å². The van der Waals surface area contributed by atoms with Crippen LogP contribution in [0.4, 0.5) is 4.39 Å². The van der Waals surface area contributed by atoms with Crippen molar-refractivity contribution in [3.63, 3.8) is 0 Å². The van der Waals surface area contributed by atoms with Gasteiger partial charge < -0.3 is 10.4 Å². The topological polar surface area (TPSA) is 56.0 Å². The average molecular weight is 250 g/mol. The Hall–Kier alpha value is -1.44. The van der Waals surface area contributed by atoms with Crippen LogP contribution in [-0.2, 0) is 6.54 Å². The number of nitrogens with one attached hydrogen (secondary N) is 1. The molecule has 0 amide bonds. The molecule has 2 N–H and O–H groups in total. The average Bonchev–Trinajstić information content (AvgIpc) is 2.39. The molecule has 0 bridgehead atoms. The summed E-state index contributed by atoms with van der Waals surface area (Å²) >= 11 is 0. The number of aliphatic hydroxyl groups is 1. The van der Waals surface area contributed by atoms with E-state index in [4.69, 9.17) is 10.4 Å². The molecule has 0 aliphatic rings. The Bertz CT molecular complexity index is 415. The fraction of sp³-hybridized carbons (Fsp3) is 0.500. The SMILES string of the molecule is CCC(CCO)CNCc1ccc(C#N)cc1F. The third kappa shape index (κ3) is 4.44. The Morgan fingerprint density at radius 1 is 1.50 bits per heavy atom. The number of aliphatic hydroxyl groups excluding tert-OH is 1. The first-order valence-electron chi connectivity index (χ1n) is 6.21. The van der Waals surface area contributed by atoms with Crippen molar-refractivity contribution in [3.05, 3.63) is 35.1 Å². The molecule has 18 heavy (non-hydrogen) atoms. The van der Waals surface area contributed by atoms with Crippen LogP contribution in [0.5, 0.6) is 0 Å². The fourth-order valence-electron chi connectivity index (χ4n) is 1.80. The van der Waals surface area contributed by atoms with Crippen LogP contribution < -0.4 is 5.32 Å². The van der Waals surface area contributed by atoms with Crippen LogP contribution in [0, 0.1) is 23.1 Å². The highest BCUT2D eigenvalue weighted by atomic mass is 19.1. The summed E-state index contributed by atoms with van der Waals surface area (Å²) in [5.74, 6) is 0.0631. The molecule has 0 heterocycles. The monoisotopic (exact) mass is 250 g/mol. The van der Waals surface area contributed by atoms with Gasteiger partial charge in [-0.15, -0.1) is 0 Å². The van der Waals surface area contributed by atoms with Crippen LogP contribution in [0.2, 0.25) is 0 Å². The zero-order valence-corrected chi connectivity index (χ0v) is 10.6. The number of hydrogen-bond donors (Lipinski definition) is 2. The van der Waals surface area contributed by atoms with E-state index in [1.807, 2.05) is 6.07 Å². The van der Waals surface area contributed by atoms with Gasteiger partial charge in [0.2, 0.25) is 0 Å². The van der Waals surface area contributed by atoms with Gasteiger partial charge in [-0.3, -0.25) is 0 Å².